The molecule has 3 nitrogen and oxygen atoms in total. The highest BCUT2D eigenvalue weighted by molar-refractivity contribution is 7.08. The standard InChI is InChI=1S/C5H5NOS.C4H8.CH2O/c6-5(7)4-1-2-8-3-4;1-2-4-3-1;1-2/h1-3H,(H2,6,7);1-4H2;1H2. The number of thiophene rings is 1. The molecule has 0 aromatic carbocycles. The first kappa shape index (κ1) is 12.8. The molecule has 1 amide bonds. The number of carbonyl (C=O) groups is 2. The van der Waals surface area contributed by atoms with E-state index in [0.29, 0.717) is 5.56 Å². The van der Waals surface area contributed by atoms with Crippen molar-refractivity contribution in [2.75, 3.05) is 0 Å². The van der Waals surface area contributed by atoms with Crippen LogP contribution in [0.3, 0.4) is 0 Å². The largest absolute Gasteiger partial charge is 0.366 e. The molecule has 1 aliphatic rings. The van der Waals surface area contributed by atoms with Crippen molar-refractivity contribution in [1.29, 1.82) is 0 Å². The smallest absolute Gasteiger partial charge is 0.249 e. The highest BCUT2D eigenvalue weighted by Gasteiger charge is 1.96. The Kier molecular flexibility index (Phi) is 7.74. The van der Waals surface area contributed by atoms with E-state index < -0.39 is 0 Å². The fraction of sp³-hybridized carbons (Fsp3) is 0.400. The van der Waals surface area contributed by atoms with Gasteiger partial charge in [-0.2, -0.15) is 11.3 Å². The lowest BCUT2D eigenvalue weighted by atomic mass is 10.0. The van der Waals surface area contributed by atoms with Crippen LogP contribution in [0.25, 0.3) is 0 Å². The summed E-state index contributed by atoms with van der Waals surface area (Å²) in [5.74, 6) is -0.355. The maximum absolute atomic E-state index is 10.3. The van der Waals surface area contributed by atoms with Gasteiger partial charge in [-0.05, 0) is 11.4 Å². The van der Waals surface area contributed by atoms with E-state index in [4.69, 9.17) is 10.5 Å². The molecule has 0 radical (unpaired) electrons. The molecule has 1 saturated carbocycles. The summed E-state index contributed by atoms with van der Waals surface area (Å²) >= 11 is 1.47. The number of nitrogens with two attached hydrogens (primary N) is 1. The predicted molar refractivity (Wildman–Crippen MR) is 58.4 cm³/mol. The minimum Gasteiger partial charge on any atom is -0.366 e. The topological polar surface area (TPSA) is 60.2 Å². The van der Waals surface area contributed by atoms with Gasteiger partial charge < -0.3 is 10.5 Å². The fourth-order valence-corrected chi connectivity index (χ4v) is 1.30. The van der Waals surface area contributed by atoms with Crippen molar-refractivity contribution in [3.05, 3.63) is 22.4 Å². The number of hydrogen-bond donors (Lipinski definition) is 1. The van der Waals surface area contributed by atoms with Crippen LogP contribution in [0.4, 0.5) is 0 Å². The first-order valence-electron chi connectivity index (χ1n) is 4.41. The average Bonchev–Trinajstić information content (AvgIpc) is 2.56. The van der Waals surface area contributed by atoms with Gasteiger partial charge in [0, 0.05) is 10.9 Å². The van der Waals surface area contributed by atoms with E-state index in [9.17, 15) is 4.79 Å². The molecule has 0 aliphatic heterocycles. The highest BCUT2D eigenvalue weighted by Crippen LogP contribution is 2.15. The van der Waals surface area contributed by atoms with Gasteiger partial charge >= 0.3 is 0 Å². The molecule has 1 fully saturated rings. The molecule has 0 unspecified atom stereocenters. The van der Waals surface area contributed by atoms with Gasteiger partial charge in [-0.25, -0.2) is 0 Å². The Bertz CT molecular complexity index is 239. The number of rotatable bonds is 1. The summed E-state index contributed by atoms with van der Waals surface area (Å²) in [5.41, 5.74) is 5.52. The number of hydrogen-bond acceptors (Lipinski definition) is 3. The summed E-state index contributed by atoms with van der Waals surface area (Å²) in [6, 6.07) is 1.70. The van der Waals surface area contributed by atoms with Gasteiger partial charge in [0.2, 0.25) is 5.91 Å². The van der Waals surface area contributed by atoms with Crippen LogP contribution in [-0.2, 0) is 4.79 Å². The zero-order valence-corrected chi connectivity index (χ0v) is 8.89. The van der Waals surface area contributed by atoms with E-state index >= 15 is 0 Å². The molecule has 1 heterocycles. The van der Waals surface area contributed by atoms with Gasteiger partial charge in [-0.1, -0.05) is 25.7 Å². The van der Waals surface area contributed by atoms with Crippen LogP contribution in [0.1, 0.15) is 36.0 Å². The molecule has 1 aromatic rings. The van der Waals surface area contributed by atoms with E-state index in [2.05, 4.69) is 0 Å². The fourth-order valence-electron chi connectivity index (χ4n) is 0.655. The molecule has 78 valence electrons. The number of primary amides is 1. The Morgan fingerprint density at radius 1 is 1.29 bits per heavy atom. The third kappa shape index (κ3) is 5.48. The van der Waals surface area contributed by atoms with Crippen molar-refractivity contribution in [1.82, 2.24) is 0 Å². The zero-order chi connectivity index (χ0) is 10.8. The van der Waals surface area contributed by atoms with Crippen molar-refractivity contribution in [3.8, 4) is 0 Å². The summed E-state index contributed by atoms with van der Waals surface area (Å²) in [6.07, 6.45) is 6.00. The van der Waals surface area contributed by atoms with Gasteiger partial charge in [0.05, 0.1) is 0 Å². The van der Waals surface area contributed by atoms with Gasteiger partial charge in [0.25, 0.3) is 0 Å². The summed E-state index contributed by atoms with van der Waals surface area (Å²) in [7, 11) is 0. The minimum absolute atomic E-state index is 0.355. The summed E-state index contributed by atoms with van der Waals surface area (Å²) < 4.78 is 0. The van der Waals surface area contributed by atoms with Crippen LogP contribution >= 0.6 is 11.3 Å². The van der Waals surface area contributed by atoms with E-state index in [1.807, 2.05) is 12.2 Å². The number of carbonyl (C=O) groups excluding carboxylic acids is 2. The summed E-state index contributed by atoms with van der Waals surface area (Å²) in [6.45, 7) is 2.00. The Balaban J connectivity index is 0.000000236. The van der Waals surface area contributed by atoms with Crippen molar-refractivity contribution in [3.63, 3.8) is 0 Å². The average molecular weight is 213 g/mol. The second-order valence-electron chi connectivity index (χ2n) is 2.79. The normalized spacial score (nSPS) is 12.3. The van der Waals surface area contributed by atoms with Crippen LogP contribution in [0.15, 0.2) is 16.8 Å². The van der Waals surface area contributed by atoms with Gasteiger partial charge in [0.1, 0.15) is 6.79 Å². The molecule has 14 heavy (non-hydrogen) atoms. The molecular weight excluding hydrogens is 198 g/mol. The van der Waals surface area contributed by atoms with Gasteiger partial charge in [-0.15, -0.1) is 0 Å². The molecule has 1 aromatic heterocycles. The van der Waals surface area contributed by atoms with Crippen LogP contribution in [0, 0.1) is 0 Å². The van der Waals surface area contributed by atoms with Crippen molar-refractivity contribution >= 4 is 24.0 Å². The monoisotopic (exact) mass is 213 g/mol. The van der Waals surface area contributed by atoms with Crippen LogP contribution in [0.5, 0.6) is 0 Å². The molecule has 0 saturated heterocycles. The zero-order valence-electron chi connectivity index (χ0n) is 8.07. The van der Waals surface area contributed by atoms with E-state index in [1.54, 1.807) is 11.4 Å². The van der Waals surface area contributed by atoms with Crippen molar-refractivity contribution < 1.29 is 9.59 Å². The minimum atomic E-state index is -0.355. The lowest BCUT2D eigenvalue weighted by Crippen LogP contribution is -2.08. The molecule has 0 bridgehead atoms. The Hall–Kier alpha value is -1.16. The predicted octanol–water partition coefficient (Wildman–Crippen LogP) is 2.22. The van der Waals surface area contributed by atoms with Crippen LogP contribution < -0.4 is 5.73 Å². The molecule has 2 N–H and O–H groups in total. The molecule has 4 heteroatoms. The first-order valence-corrected chi connectivity index (χ1v) is 5.36. The molecule has 1 aliphatic carbocycles. The third-order valence-corrected chi connectivity index (χ3v) is 2.49. The van der Waals surface area contributed by atoms with E-state index in [-0.39, 0.29) is 5.91 Å². The Labute approximate surface area is 87.9 Å². The third-order valence-electron chi connectivity index (χ3n) is 1.81. The van der Waals surface area contributed by atoms with E-state index in [1.165, 1.54) is 37.0 Å². The Morgan fingerprint density at radius 3 is 1.93 bits per heavy atom. The molecular formula is C10H15NO2S. The quantitative estimate of drug-likeness (QED) is 0.777. The van der Waals surface area contributed by atoms with Gasteiger partial charge in [-0.3, -0.25) is 4.79 Å². The van der Waals surface area contributed by atoms with Crippen LogP contribution in [0.2, 0.25) is 0 Å². The second kappa shape index (κ2) is 8.44. The summed E-state index contributed by atoms with van der Waals surface area (Å²) in [5, 5.41) is 3.54. The number of amides is 1. The van der Waals surface area contributed by atoms with Crippen molar-refractivity contribution in [2.24, 2.45) is 5.73 Å². The Morgan fingerprint density at radius 2 is 1.79 bits per heavy atom. The highest BCUT2D eigenvalue weighted by atomic mass is 32.1. The van der Waals surface area contributed by atoms with Crippen molar-refractivity contribution in [2.45, 2.75) is 25.7 Å². The molecule has 0 atom stereocenters. The van der Waals surface area contributed by atoms with Gasteiger partial charge in [0.15, 0.2) is 0 Å². The van der Waals surface area contributed by atoms with Crippen LogP contribution in [-0.4, -0.2) is 12.7 Å². The maximum Gasteiger partial charge on any atom is 0.249 e. The lowest BCUT2D eigenvalue weighted by Gasteiger charge is -2.05. The van der Waals surface area contributed by atoms with E-state index in [0.717, 1.165) is 0 Å². The SMILES string of the molecule is C1CCC1.C=O.NC(=O)c1ccsc1. The maximum atomic E-state index is 10.3. The molecule has 2 rings (SSSR count). The summed E-state index contributed by atoms with van der Waals surface area (Å²) in [4.78, 5) is 18.3. The second-order valence-corrected chi connectivity index (χ2v) is 3.57. The molecule has 0 spiro atoms. The first-order chi connectivity index (χ1) is 6.80. The lowest BCUT2D eigenvalue weighted by molar-refractivity contribution is -0.0979.